The van der Waals surface area contributed by atoms with Gasteiger partial charge in [-0.3, -0.25) is 0 Å². The van der Waals surface area contributed by atoms with Crippen molar-refractivity contribution in [2.24, 2.45) is 0 Å². The van der Waals surface area contributed by atoms with Gasteiger partial charge < -0.3 is 0 Å². The fourth-order valence-electron chi connectivity index (χ4n) is 4.11. The molecule has 0 spiro atoms. The quantitative estimate of drug-likeness (QED) is 0.148. The molecule has 0 nitrogen and oxygen atoms in total. The van der Waals surface area contributed by atoms with Gasteiger partial charge in [-0.05, 0) is 38.5 Å². The van der Waals surface area contributed by atoms with Gasteiger partial charge in [0.25, 0.3) is 0 Å². The van der Waals surface area contributed by atoms with Crippen LogP contribution in [0.15, 0.2) is 0 Å². The Morgan fingerprint density at radius 2 is 0.600 bits per heavy atom. The van der Waals surface area contributed by atoms with E-state index in [1.807, 2.05) is 0 Å². The molecular formula is C24H52P+. The highest BCUT2D eigenvalue weighted by molar-refractivity contribution is 7.75. The first kappa shape index (κ1) is 25.4. The second-order valence-corrected chi connectivity index (χ2v) is 13.0. The van der Waals surface area contributed by atoms with E-state index in [1.165, 1.54) is 89.9 Å². The van der Waals surface area contributed by atoms with Crippen molar-refractivity contribution in [2.75, 3.05) is 24.6 Å². The highest BCUT2D eigenvalue weighted by atomic mass is 31.2. The van der Waals surface area contributed by atoms with Crippen molar-refractivity contribution >= 4 is 7.26 Å². The van der Waals surface area contributed by atoms with Crippen LogP contribution in [-0.2, 0) is 0 Å². The predicted molar refractivity (Wildman–Crippen MR) is 123 cm³/mol. The van der Waals surface area contributed by atoms with E-state index < -0.39 is 7.26 Å². The van der Waals surface area contributed by atoms with E-state index >= 15 is 0 Å². The summed E-state index contributed by atoms with van der Waals surface area (Å²) in [7, 11) is -0.640. The number of rotatable bonds is 20. The minimum Gasteiger partial charge on any atom is -0.0654 e. The lowest BCUT2D eigenvalue weighted by molar-refractivity contribution is 0.619. The van der Waals surface area contributed by atoms with E-state index in [4.69, 9.17) is 0 Å². The Morgan fingerprint density at radius 1 is 0.320 bits per heavy atom. The minimum atomic E-state index is -0.640. The SMILES string of the molecule is CCCCCCCC[P+](CCCC)(CCCC)CCCCCCCC. The molecule has 0 aromatic heterocycles. The molecule has 0 aromatic rings. The molecule has 25 heavy (non-hydrogen) atoms. The Labute approximate surface area is 162 Å². The van der Waals surface area contributed by atoms with Crippen LogP contribution in [0.5, 0.6) is 0 Å². The van der Waals surface area contributed by atoms with Gasteiger partial charge >= 0.3 is 0 Å². The summed E-state index contributed by atoms with van der Waals surface area (Å²) in [5, 5.41) is 0. The smallest absolute Gasteiger partial charge is 0.0594 e. The maximum atomic E-state index is 2.39. The molecule has 0 rings (SSSR count). The van der Waals surface area contributed by atoms with Gasteiger partial charge in [0.2, 0.25) is 0 Å². The van der Waals surface area contributed by atoms with Gasteiger partial charge in [0.1, 0.15) is 0 Å². The van der Waals surface area contributed by atoms with Crippen LogP contribution in [0, 0.1) is 0 Å². The number of unbranched alkanes of at least 4 members (excludes halogenated alkanes) is 12. The third-order valence-corrected chi connectivity index (χ3v) is 11.0. The minimum absolute atomic E-state index is 0.640. The number of hydrogen-bond donors (Lipinski definition) is 0. The molecule has 0 saturated heterocycles. The Bertz CT molecular complexity index is 222. The lowest BCUT2D eigenvalue weighted by Crippen LogP contribution is -2.13. The molecule has 0 radical (unpaired) electrons. The van der Waals surface area contributed by atoms with Gasteiger partial charge in [0.15, 0.2) is 0 Å². The lowest BCUT2D eigenvalue weighted by atomic mass is 10.1. The van der Waals surface area contributed by atoms with E-state index in [0.29, 0.717) is 0 Å². The highest BCUT2D eigenvalue weighted by Crippen LogP contribution is 2.61. The maximum absolute atomic E-state index is 2.39. The fourth-order valence-corrected chi connectivity index (χ4v) is 9.22. The van der Waals surface area contributed by atoms with Crippen LogP contribution in [0.2, 0.25) is 0 Å². The predicted octanol–water partition coefficient (Wildman–Crippen LogP) is 9.33. The second kappa shape index (κ2) is 19.2. The molecule has 0 amide bonds. The fraction of sp³-hybridized carbons (Fsp3) is 1.00. The molecule has 1 heteroatoms. The van der Waals surface area contributed by atoms with Gasteiger partial charge in [-0.15, -0.1) is 0 Å². The molecule has 0 heterocycles. The standard InChI is InChI=1S/C24H52P/c1-5-9-13-15-17-19-23-25(21-11-7-3,22-12-8-4)24-20-18-16-14-10-6-2/h5-24H2,1-4H3/q+1. The van der Waals surface area contributed by atoms with Crippen LogP contribution < -0.4 is 0 Å². The maximum Gasteiger partial charge on any atom is 0.0594 e. The van der Waals surface area contributed by atoms with Crippen LogP contribution in [-0.4, -0.2) is 24.6 Å². The molecule has 0 atom stereocenters. The van der Waals surface area contributed by atoms with Crippen LogP contribution in [0.4, 0.5) is 0 Å². The van der Waals surface area contributed by atoms with E-state index in [9.17, 15) is 0 Å². The second-order valence-electron chi connectivity index (χ2n) is 8.48. The van der Waals surface area contributed by atoms with E-state index in [-0.39, 0.29) is 0 Å². The van der Waals surface area contributed by atoms with Crippen molar-refractivity contribution in [3.05, 3.63) is 0 Å². The third-order valence-electron chi connectivity index (χ3n) is 5.94. The van der Waals surface area contributed by atoms with Gasteiger partial charge in [-0.1, -0.05) is 91.9 Å². The normalized spacial score (nSPS) is 12.0. The summed E-state index contributed by atoms with van der Waals surface area (Å²) in [6.45, 7) is 9.44. The van der Waals surface area contributed by atoms with Crippen LogP contribution in [0.25, 0.3) is 0 Å². The van der Waals surface area contributed by atoms with Crippen molar-refractivity contribution in [3.8, 4) is 0 Å². The lowest BCUT2D eigenvalue weighted by Gasteiger charge is -2.28. The highest BCUT2D eigenvalue weighted by Gasteiger charge is 2.34. The molecule has 0 aliphatic carbocycles. The molecule has 0 saturated carbocycles. The molecule has 0 N–H and O–H groups in total. The zero-order chi connectivity index (χ0) is 18.6. The van der Waals surface area contributed by atoms with Crippen molar-refractivity contribution in [1.82, 2.24) is 0 Å². The van der Waals surface area contributed by atoms with Crippen molar-refractivity contribution in [1.29, 1.82) is 0 Å². The first-order valence-corrected chi connectivity index (χ1v) is 14.6. The molecular weight excluding hydrogens is 319 g/mol. The van der Waals surface area contributed by atoms with Gasteiger partial charge in [-0.25, -0.2) is 0 Å². The zero-order valence-corrected chi connectivity index (χ0v) is 19.5. The Hall–Kier alpha value is 0.430. The van der Waals surface area contributed by atoms with Gasteiger partial charge in [0, 0.05) is 7.26 Å². The topological polar surface area (TPSA) is 0 Å². The summed E-state index contributed by atoms with van der Waals surface area (Å²) in [5.74, 6) is 0. The molecule has 0 aliphatic heterocycles. The van der Waals surface area contributed by atoms with Crippen LogP contribution in [0.1, 0.15) is 130 Å². The summed E-state index contributed by atoms with van der Waals surface area (Å²) in [6, 6.07) is 0. The van der Waals surface area contributed by atoms with Gasteiger partial charge in [-0.2, -0.15) is 0 Å². The first-order valence-electron chi connectivity index (χ1n) is 12.1. The Morgan fingerprint density at radius 3 is 0.960 bits per heavy atom. The summed E-state index contributed by atoms with van der Waals surface area (Å²) >= 11 is 0. The zero-order valence-electron chi connectivity index (χ0n) is 18.6. The number of hydrogen-bond acceptors (Lipinski definition) is 0. The monoisotopic (exact) mass is 371 g/mol. The van der Waals surface area contributed by atoms with E-state index in [1.54, 1.807) is 37.5 Å². The molecule has 0 aromatic carbocycles. The summed E-state index contributed by atoms with van der Waals surface area (Å²) in [6.07, 6.45) is 30.0. The third kappa shape index (κ3) is 15.2. The Kier molecular flexibility index (Phi) is 19.5. The van der Waals surface area contributed by atoms with Crippen LogP contribution >= 0.6 is 7.26 Å². The summed E-state index contributed by atoms with van der Waals surface area (Å²) in [5.41, 5.74) is 0. The van der Waals surface area contributed by atoms with E-state index in [0.717, 1.165) is 0 Å². The molecule has 0 aliphatic rings. The van der Waals surface area contributed by atoms with E-state index in [2.05, 4.69) is 27.7 Å². The summed E-state index contributed by atoms with van der Waals surface area (Å²) < 4.78 is 0. The van der Waals surface area contributed by atoms with Crippen molar-refractivity contribution in [2.45, 2.75) is 130 Å². The molecule has 152 valence electrons. The molecule has 0 unspecified atom stereocenters. The molecule has 0 fully saturated rings. The largest absolute Gasteiger partial charge is 0.0654 e. The van der Waals surface area contributed by atoms with Crippen molar-refractivity contribution in [3.63, 3.8) is 0 Å². The average molecular weight is 372 g/mol. The van der Waals surface area contributed by atoms with Crippen LogP contribution in [0.3, 0.4) is 0 Å². The summed E-state index contributed by atoms with van der Waals surface area (Å²) in [4.78, 5) is 0. The molecule has 0 bridgehead atoms. The first-order chi connectivity index (χ1) is 12.2. The average Bonchev–Trinajstić information content (AvgIpc) is 2.63. The van der Waals surface area contributed by atoms with Gasteiger partial charge in [0.05, 0.1) is 24.6 Å². The Balaban J connectivity index is 4.35. The van der Waals surface area contributed by atoms with Crippen molar-refractivity contribution < 1.29 is 0 Å².